The second-order valence-electron chi connectivity index (χ2n) is 16.9. The van der Waals surface area contributed by atoms with E-state index in [1.54, 1.807) is 0 Å². The predicted octanol–water partition coefficient (Wildman–Crippen LogP) is 16.7. The normalized spacial score (nSPS) is 12.1. The number of furan rings is 2. The number of nitrogens with zero attached hydrogens (tertiary/aromatic N) is 2. The molecule has 10 aromatic carbocycles. The highest BCUT2D eigenvalue weighted by molar-refractivity contribution is 6.14. The monoisotopic (exact) mass is 816 g/mol. The first-order valence-corrected chi connectivity index (χ1v) is 21.8. The Kier molecular flexibility index (Phi) is 7.36. The molecule has 0 radical (unpaired) electrons. The number of rotatable bonds is 5. The van der Waals surface area contributed by atoms with Crippen LogP contribution >= 0.6 is 0 Å². The minimum Gasteiger partial charge on any atom is -0.456 e. The third kappa shape index (κ3) is 5.23. The summed E-state index contributed by atoms with van der Waals surface area (Å²) in [4.78, 5) is 0. The molecule has 14 aromatic rings. The summed E-state index contributed by atoms with van der Waals surface area (Å²) in [6, 6.07) is 78.8. The number of benzene rings is 10. The van der Waals surface area contributed by atoms with Crippen molar-refractivity contribution < 1.29 is 8.83 Å². The molecule has 4 aromatic heterocycles. The van der Waals surface area contributed by atoms with Crippen molar-refractivity contribution in [1.82, 2.24) is 9.13 Å². The summed E-state index contributed by atoms with van der Waals surface area (Å²) < 4.78 is 17.2. The first kappa shape index (κ1) is 35.0. The van der Waals surface area contributed by atoms with Gasteiger partial charge in [0.2, 0.25) is 0 Å². The van der Waals surface area contributed by atoms with Crippen molar-refractivity contribution in [1.29, 1.82) is 0 Å². The van der Waals surface area contributed by atoms with Gasteiger partial charge in [0.15, 0.2) is 0 Å². The van der Waals surface area contributed by atoms with Gasteiger partial charge in [0.1, 0.15) is 22.3 Å². The maximum absolute atomic E-state index is 6.20. The van der Waals surface area contributed by atoms with E-state index in [1.807, 2.05) is 24.3 Å². The molecule has 0 unspecified atom stereocenters. The standard InChI is InChI=1S/C60H36N2O2/c1-2-10-43(11-3-1)61-53-15-7-4-12-45(53)49-33-40(22-28-54(49)61)42-20-27-46-50-32-39(41-24-31-60-52(35-41)48-14-6-9-17-58(48)64-60)21-29-55(50)62(56(46)36-42)44-25-18-37(19-26-44)38-23-30-59-51(34-38)47-13-5-8-16-57(47)63-59/h1-36H. The Labute approximate surface area is 367 Å². The summed E-state index contributed by atoms with van der Waals surface area (Å²) in [5.74, 6) is 0. The average Bonchev–Trinajstić information content (AvgIpc) is 4.11. The first-order valence-electron chi connectivity index (χ1n) is 21.8. The van der Waals surface area contributed by atoms with Crippen LogP contribution in [0.3, 0.4) is 0 Å². The third-order valence-corrected chi connectivity index (χ3v) is 13.3. The largest absolute Gasteiger partial charge is 0.456 e. The van der Waals surface area contributed by atoms with Crippen molar-refractivity contribution in [3.8, 4) is 44.8 Å². The molecule has 0 aliphatic rings. The summed E-state index contributed by atoms with van der Waals surface area (Å²) in [6.45, 7) is 0. The Morgan fingerprint density at radius 1 is 0.219 bits per heavy atom. The molecule has 0 bridgehead atoms. The SMILES string of the molecule is c1ccc(-n2c3ccccc3c3cc(-c4ccc5c6cc(-c7ccc8oc9ccccc9c8c7)ccc6n(-c6ccc(-c7ccc8oc9ccccc9c8c7)cc6)c5c4)ccc32)cc1. The fraction of sp³-hybridized carbons (Fsp3) is 0. The Morgan fingerprint density at radius 2 is 0.609 bits per heavy atom. The maximum Gasteiger partial charge on any atom is 0.135 e. The second-order valence-corrected chi connectivity index (χ2v) is 16.9. The van der Waals surface area contributed by atoms with Gasteiger partial charge in [-0.05, 0) is 130 Å². The highest BCUT2D eigenvalue weighted by Gasteiger charge is 2.18. The molecule has 14 rings (SSSR count). The summed E-state index contributed by atoms with van der Waals surface area (Å²) >= 11 is 0. The molecule has 0 aliphatic heterocycles. The van der Waals surface area contributed by atoms with E-state index < -0.39 is 0 Å². The van der Waals surface area contributed by atoms with Gasteiger partial charge in [-0.2, -0.15) is 0 Å². The molecule has 0 fully saturated rings. The van der Waals surface area contributed by atoms with Crippen molar-refractivity contribution in [3.05, 3.63) is 218 Å². The number of hydrogen-bond acceptors (Lipinski definition) is 2. The van der Waals surface area contributed by atoms with E-state index in [9.17, 15) is 0 Å². The van der Waals surface area contributed by atoms with Crippen LogP contribution in [0.4, 0.5) is 0 Å². The van der Waals surface area contributed by atoms with Crippen LogP contribution in [0.25, 0.3) is 132 Å². The molecule has 4 heterocycles. The van der Waals surface area contributed by atoms with Gasteiger partial charge in [-0.3, -0.25) is 0 Å². The molecule has 0 atom stereocenters. The summed E-state index contributed by atoms with van der Waals surface area (Å²) in [7, 11) is 0. The van der Waals surface area contributed by atoms with Crippen LogP contribution < -0.4 is 0 Å². The fourth-order valence-corrected chi connectivity index (χ4v) is 10.3. The third-order valence-electron chi connectivity index (χ3n) is 13.3. The van der Waals surface area contributed by atoms with E-state index in [2.05, 4.69) is 203 Å². The molecule has 0 saturated heterocycles. The minimum atomic E-state index is 0.902. The van der Waals surface area contributed by atoms with E-state index in [4.69, 9.17) is 8.83 Å². The second kappa shape index (κ2) is 13.4. The van der Waals surface area contributed by atoms with Crippen LogP contribution in [-0.4, -0.2) is 9.13 Å². The Morgan fingerprint density at radius 3 is 1.23 bits per heavy atom. The average molecular weight is 817 g/mol. The van der Waals surface area contributed by atoms with Gasteiger partial charge in [0.25, 0.3) is 0 Å². The summed E-state index contributed by atoms with van der Waals surface area (Å²) in [5.41, 5.74) is 17.6. The van der Waals surface area contributed by atoms with E-state index >= 15 is 0 Å². The van der Waals surface area contributed by atoms with Crippen molar-refractivity contribution in [2.45, 2.75) is 0 Å². The number of para-hydroxylation sites is 4. The predicted molar refractivity (Wildman–Crippen MR) is 266 cm³/mol. The van der Waals surface area contributed by atoms with Crippen LogP contribution in [0.5, 0.6) is 0 Å². The molecular formula is C60H36N2O2. The lowest BCUT2D eigenvalue weighted by molar-refractivity contribution is 0.668. The Balaban J connectivity index is 0.941. The zero-order valence-electron chi connectivity index (χ0n) is 34.5. The van der Waals surface area contributed by atoms with Crippen LogP contribution in [-0.2, 0) is 0 Å². The van der Waals surface area contributed by atoms with Crippen LogP contribution in [0.15, 0.2) is 227 Å². The quantitative estimate of drug-likeness (QED) is 0.173. The number of fused-ring (bicyclic) bond motifs is 12. The topological polar surface area (TPSA) is 36.1 Å². The van der Waals surface area contributed by atoms with Gasteiger partial charge in [-0.15, -0.1) is 0 Å². The lowest BCUT2D eigenvalue weighted by Gasteiger charge is -2.11. The van der Waals surface area contributed by atoms with Gasteiger partial charge in [-0.25, -0.2) is 0 Å². The highest BCUT2D eigenvalue weighted by Crippen LogP contribution is 2.41. The zero-order chi connectivity index (χ0) is 41.9. The smallest absolute Gasteiger partial charge is 0.135 e. The molecule has 0 spiro atoms. The van der Waals surface area contributed by atoms with Crippen molar-refractivity contribution in [2.75, 3.05) is 0 Å². The number of hydrogen-bond donors (Lipinski definition) is 0. The Hall–Kier alpha value is -8.60. The van der Waals surface area contributed by atoms with E-state index in [-0.39, 0.29) is 0 Å². The van der Waals surface area contributed by atoms with Crippen LogP contribution in [0.2, 0.25) is 0 Å². The van der Waals surface area contributed by atoms with Gasteiger partial charge >= 0.3 is 0 Å². The fourth-order valence-electron chi connectivity index (χ4n) is 10.3. The van der Waals surface area contributed by atoms with Crippen LogP contribution in [0.1, 0.15) is 0 Å². The minimum absolute atomic E-state index is 0.902. The molecule has 0 saturated carbocycles. The number of aromatic nitrogens is 2. The Bertz CT molecular complexity index is 4180. The first-order chi connectivity index (χ1) is 31.7. The van der Waals surface area contributed by atoms with Crippen molar-refractivity contribution >= 4 is 87.5 Å². The molecule has 4 nitrogen and oxygen atoms in total. The van der Waals surface area contributed by atoms with Crippen LogP contribution in [0, 0.1) is 0 Å². The van der Waals surface area contributed by atoms with E-state index in [0.29, 0.717) is 0 Å². The van der Waals surface area contributed by atoms with Crippen molar-refractivity contribution in [2.24, 2.45) is 0 Å². The lowest BCUT2D eigenvalue weighted by Crippen LogP contribution is -1.94. The van der Waals surface area contributed by atoms with Crippen molar-refractivity contribution in [3.63, 3.8) is 0 Å². The molecule has 0 aliphatic carbocycles. The summed E-state index contributed by atoms with van der Waals surface area (Å²) in [6.07, 6.45) is 0. The zero-order valence-corrected chi connectivity index (χ0v) is 34.5. The molecule has 64 heavy (non-hydrogen) atoms. The highest BCUT2D eigenvalue weighted by atomic mass is 16.3. The molecule has 4 heteroatoms. The van der Waals surface area contributed by atoms with E-state index in [0.717, 1.165) is 83.0 Å². The molecular weight excluding hydrogens is 781 g/mol. The summed E-state index contributed by atoms with van der Waals surface area (Å²) in [5, 5.41) is 9.42. The molecule has 0 N–H and O–H groups in total. The van der Waals surface area contributed by atoms with Gasteiger partial charge < -0.3 is 18.0 Å². The lowest BCUT2D eigenvalue weighted by atomic mass is 9.99. The van der Waals surface area contributed by atoms with Gasteiger partial charge in [0.05, 0.1) is 22.1 Å². The maximum atomic E-state index is 6.20. The molecule has 0 amide bonds. The van der Waals surface area contributed by atoms with Gasteiger partial charge in [0, 0.05) is 54.5 Å². The molecule has 298 valence electrons. The van der Waals surface area contributed by atoms with Gasteiger partial charge in [-0.1, -0.05) is 121 Å². The van der Waals surface area contributed by atoms with E-state index in [1.165, 1.54) is 49.3 Å².